The minimum atomic E-state index is -3.43. The van der Waals surface area contributed by atoms with Crippen LogP contribution in [-0.4, -0.2) is 20.1 Å². The number of carbonyl (C=O) groups excluding carboxylic acids is 1. The van der Waals surface area contributed by atoms with Gasteiger partial charge in [0.2, 0.25) is 15.9 Å². The van der Waals surface area contributed by atoms with E-state index >= 15 is 0 Å². The molecule has 4 nitrogen and oxygen atoms in total. The van der Waals surface area contributed by atoms with Gasteiger partial charge in [-0.05, 0) is 11.8 Å². The van der Waals surface area contributed by atoms with E-state index in [2.05, 4.69) is 4.72 Å². The van der Waals surface area contributed by atoms with Crippen molar-refractivity contribution in [3.8, 4) is 0 Å². The van der Waals surface area contributed by atoms with E-state index in [1.54, 1.807) is 13.8 Å². The Morgan fingerprint density at radius 1 is 1.27 bits per heavy atom. The van der Waals surface area contributed by atoms with Gasteiger partial charge in [0.15, 0.2) is 0 Å². The van der Waals surface area contributed by atoms with Crippen LogP contribution < -0.4 is 4.72 Å². The van der Waals surface area contributed by atoms with Crippen LogP contribution in [0.25, 0.3) is 0 Å². The van der Waals surface area contributed by atoms with Crippen molar-refractivity contribution in [1.29, 1.82) is 0 Å². The van der Waals surface area contributed by atoms with Crippen LogP contribution in [-0.2, 0) is 14.8 Å². The molecule has 0 bridgehead atoms. The predicted octanol–water partition coefficient (Wildman–Crippen LogP) is 1.52. The summed E-state index contributed by atoms with van der Waals surface area (Å²) in [6.07, 6.45) is 1.14. The molecule has 0 saturated heterocycles. The Kier molecular flexibility index (Phi) is 5.87. The topological polar surface area (TPSA) is 63.2 Å². The van der Waals surface area contributed by atoms with Gasteiger partial charge in [-0.25, -0.2) is 8.42 Å². The molecule has 0 aliphatic carbocycles. The van der Waals surface area contributed by atoms with Crippen LogP contribution in [0.4, 0.5) is 0 Å². The van der Waals surface area contributed by atoms with Gasteiger partial charge in [0.05, 0.1) is 5.75 Å². The molecular formula is C10H21NO3S. The molecular weight excluding hydrogens is 214 g/mol. The van der Waals surface area contributed by atoms with Gasteiger partial charge < -0.3 is 0 Å². The van der Waals surface area contributed by atoms with E-state index in [9.17, 15) is 13.2 Å². The van der Waals surface area contributed by atoms with Crippen molar-refractivity contribution in [3.05, 3.63) is 0 Å². The second-order valence-electron chi connectivity index (χ2n) is 4.42. The quantitative estimate of drug-likeness (QED) is 0.759. The van der Waals surface area contributed by atoms with Gasteiger partial charge in [0.1, 0.15) is 0 Å². The van der Waals surface area contributed by atoms with Crippen LogP contribution >= 0.6 is 0 Å². The van der Waals surface area contributed by atoms with Gasteiger partial charge in [0, 0.05) is 6.42 Å². The summed E-state index contributed by atoms with van der Waals surface area (Å²) in [5.74, 6) is -0.151. The molecule has 0 fully saturated rings. The Balaban J connectivity index is 4.17. The van der Waals surface area contributed by atoms with Crippen molar-refractivity contribution in [1.82, 2.24) is 4.72 Å². The standard InChI is InChI=1S/C10H21NO3S/c1-5-9(4)6-10(12)11-15(13,14)7-8(2)3/h8-9H,5-7H2,1-4H3,(H,11,12). The van der Waals surface area contributed by atoms with Crippen molar-refractivity contribution >= 4 is 15.9 Å². The predicted molar refractivity (Wildman–Crippen MR) is 60.8 cm³/mol. The maximum absolute atomic E-state index is 11.4. The largest absolute Gasteiger partial charge is 0.274 e. The van der Waals surface area contributed by atoms with E-state index in [0.717, 1.165) is 6.42 Å². The Hall–Kier alpha value is -0.580. The summed E-state index contributed by atoms with van der Waals surface area (Å²) in [5.41, 5.74) is 0. The molecule has 0 aliphatic heterocycles. The molecule has 1 atom stereocenters. The summed E-state index contributed by atoms with van der Waals surface area (Å²) >= 11 is 0. The zero-order valence-corrected chi connectivity index (χ0v) is 10.7. The molecule has 0 aromatic heterocycles. The van der Waals surface area contributed by atoms with Gasteiger partial charge in [-0.2, -0.15) is 0 Å². The summed E-state index contributed by atoms with van der Waals surface area (Å²) in [5, 5.41) is 0. The summed E-state index contributed by atoms with van der Waals surface area (Å²) < 4.78 is 24.9. The third-order valence-electron chi connectivity index (χ3n) is 2.05. The number of hydrogen-bond donors (Lipinski definition) is 1. The molecule has 0 spiro atoms. The monoisotopic (exact) mass is 235 g/mol. The highest BCUT2D eigenvalue weighted by Crippen LogP contribution is 2.06. The molecule has 90 valence electrons. The van der Waals surface area contributed by atoms with Crippen LogP contribution in [0.15, 0.2) is 0 Å². The number of carbonyl (C=O) groups is 1. The van der Waals surface area contributed by atoms with Crippen molar-refractivity contribution in [3.63, 3.8) is 0 Å². The number of hydrogen-bond acceptors (Lipinski definition) is 3. The Morgan fingerprint density at radius 2 is 1.80 bits per heavy atom. The van der Waals surface area contributed by atoms with Gasteiger partial charge >= 0.3 is 0 Å². The molecule has 0 rings (SSSR count). The van der Waals surface area contributed by atoms with Crippen LogP contribution in [0.1, 0.15) is 40.5 Å². The lowest BCUT2D eigenvalue weighted by molar-refractivity contribution is -0.120. The SMILES string of the molecule is CCC(C)CC(=O)NS(=O)(=O)CC(C)C. The van der Waals surface area contributed by atoms with Gasteiger partial charge in [0.25, 0.3) is 0 Å². The van der Waals surface area contributed by atoms with Gasteiger partial charge in [-0.15, -0.1) is 0 Å². The normalized spacial score (nSPS) is 13.9. The summed E-state index contributed by atoms with van der Waals surface area (Å²) in [6, 6.07) is 0. The highest BCUT2D eigenvalue weighted by Gasteiger charge is 2.17. The second-order valence-corrected chi connectivity index (χ2v) is 6.18. The van der Waals surface area contributed by atoms with E-state index in [4.69, 9.17) is 0 Å². The minimum absolute atomic E-state index is 0.000748. The maximum atomic E-state index is 11.4. The Bertz CT molecular complexity index is 296. The molecule has 0 radical (unpaired) electrons. The summed E-state index contributed by atoms with van der Waals surface area (Å²) in [6.45, 7) is 7.51. The fraction of sp³-hybridized carbons (Fsp3) is 0.900. The number of sulfonamides is 1. The van der Waals surface area contributed by atoms with Crippen LogP contribution in [0.5, 0.6) is 0 Å². The number of amides is 1. The van der Waals surface area contributed by atoms with E-state index in [0.29, 0.717) is 0 Å². The summed E-state index contributed by atoms with van der Waals surface area (Å²) in [4.78, 5) is 11.3. The molecule has 1 N–H and O–H groups in total. The third kappa shape index (κ3) is 7.36. The number of rotatable bonds is 6. The maximum Gasteiger partial charge on any atom is 0.235 e. The van der Waals surface area contributed by atoms with Crippen molar-refractivity contribution in [2.45, 2.75) is 40.5 Å². The van der Waals surface area contributed by atoms with Crippen LogP contribution in [0.2, 0.25) is 0 Å². The van der Waals surface area contributed by atoms with Crippen molar-refractivity contribution in [2.75, 3.05) is 5.75 Å². The fourth-order valence-electron chi connectivity index (χ4n) is 1.16. The van der Waals surface area contributed by atoms with Crippen LogP contribution in [0, 0.1) is 11.8 Å². The molecule has 0 aromatic carbocycles. The first-order valence-electron chi connectivity index (χ1n) is 5.30. The average Bonchev–Trinajstić information content (AvgIpc) is 1.99. The molecule has 0 aromatic rings. The third-order valence-corrected chi connectivity index (χ3v) is 3.70. The first kappa shape index (κ1) is 14.4. The van der Waals surface area contributed by atoms with E-state index in [1.165, 1.54) is 0 Å². The lowest BCUT2D eigenvalue weighted by Gasteiger charge is -2.11. The Labute approximate surface area is 92.5 Å². The van der Waals surface area contributed by atoms with Gasteiger partial charge in [-0.1, -0.05) is 34.1 Å². The minimum Gasteiger partial charge on any atom is -0.274 e. The lowest BCUT2D eigenvalue weighted by atomic mass is 10.1. The molecule has 0 saturated carbocycles. The van der Waals surface area contributed by atoms with Crippen LogP contribution in [0.3, 0.4) is 0 Å². The molecule has 15 heavy (non-hydrogen) atoms. The first-order valence-corrected chi connectivity index (χ1v) is 6.95. The fourth-order valence-corrected chi connectivity index (χ4v) is 2.55. The lowest BCUT2D eigenvalue weighted by Crippen LogP contribution is -2.34. The smallest absolute Gasteiger partial charge is 0.235 e. The molecule has 0 heterocycles. The highest BCUT2D eigenvalue weighted by molar-refractivity contribution is 7.90. The summed E-state index contributed by atoms with van der Waals surface area (Å²) in [7, 11) is -3.43. The first-order chi connectivity index (χ1) is 6.76. The molecule has 0 aliphatic rings. The zero-order chi connectivity index (χ0) is 12.1. The number of nitrogens with one attached hydrogen (secondary N) is 1. The molecule has 5 heteroatoms. The van der Waals surface area contributed by atoms with E-state index in [1.807, 2.05) is 13.8 Å². The van der Waals surface area contributed by atoms with E-state index in [-0.39, 0.29) is 24.0 Å². The highest BCUT2D eigenvalue weighted by atomic mass is 32.2. The zero-order valence-electron chi connectivity index (χ0n) is 9.91. The van der Waals surface area contributed by atoms with E-state index < -0.39 is 15.9 Å². The molecule has 1 unspecified atom stereocenters. The average molecular weight is 235 g/mol. The van der Waals surface area contributed by atoms with Crippen molar-refractivity contribution in [2.24, 2.45) is 11.8 Å². The van der Waals surface area contributed by atoms with Gasteiger partial charge in [-0.3, -0.25) is 9.52 Å². The molecule has 1 amide bonds. The second kappa shape index (κ2) is 6.10. The van der Waals surface area contributed by atoms with Crippen molar-refractivity contribution < 1.29 is 13.2 Å². The Morgan fingerprint density at radius 3 is 2.20 bits per heavy atom.